The first-order chi connectivity index (χ1) is 6.22. The highest BCUT2D eigenvalue weighted by Crippen LogP contribution is 2.23. The van der Waals surface area contributed by atoms with Crippen molar-refractivity contribution >= 4 is 0 Å². The summed E-state index contributed by atoms with van der Waals surface area (Å²) in [6, 6.07) is 1.22. The second-order valence-corrected chi connectivity index (χ2v) is 4.06. The van der Waals surface area contributed by atoms with Gasteiger partial charge in [0.15, 0.2) is 0 Å². The van der Waals surface area contributed by atoms with Gasteiger partial charge in [0.1, 0.15) is 0 Å². The Labute approximate surface area is 80.5 Å². The van der Waals surface area contributed by atoms with E-state index in [1.807, 2.05) is 0 Å². The van der Waals surface area contributed by atoms with Gasteiger partial charge in [-0.3, -0.25) is 0 Å². The predicted molar refractivity (Wildman–Crippen MR) is 52.7 cm³/mol. The van der Waals surface area contributed by atoms with Crippen LogP contribution >= 0.6 is 0 Å². The van der Waals surface area contributed by atoms with Crippen molar-refractivity contribution in [1.29, 1.82) is 0 Å². The second-order valence-electron chi connectivity index (χ2n) is 4.06. The van der Waals surface area contributed by atoms with E-state index in [0.29, 0.717) is 24.8 Å². The molecule has 0 aromatic heterocycles. The minimum Gasteiger partial charge on any atom is -0.396 e. The fraction of sp³-hybridized carbons (Fsp3) is 1.00. The Morgan fingerprint density at radius 1 is 1.46 bits per heavy atom. The lowest BCUT2D eigenvalue weighted by Crippen LogP contribution is -2.48. The number of hydrogen-bond acceptors (Lipinski definition) is 3. The summed E-state index contributed by atoms with van der Waals surface area (Å²) in [6.07, 6.45) is 3.45. The van der Waals surface area contributed by atoms with Gasteiger partial charge in [0.2, 0.25) is 0 Å². The van der Waals surface area contributed by atoms with Gasteiger partial charge in [0, 0.05) is 25.3 Å². The molecule has 0 bridgehead atoms. The third-order valence-electron chi connectivity index (χ3n) is 2.32. The van der Waals surface area contributed by atoms with E-state index in [-0.39, 0.29) is 6.61 Å². The van der Waals surface area contributed by atoms with E-state index in [0.717, 1.165) is 19.3 Å². The van der Waals surface area contributed by atoms with Crippen LogP contribution in [0.3, 0.4) is 0 Å². The Balaban J connectivity index is 1.92. The van der Waals surface area contributed by atoms with Gasteiger partial charge >= 0.3 is 0 Å². The predicted octanol–water partition coefficient (Wildman–Crippen LogP) is 0.914. The number of nitrogens with one attached hydrogen (secondary N) is 1. The van der Waals surface area contributed by atoms with Crippen LogP contribution in [0.25, 0.3) is 0 Å². The second kappa shape index (κ2) is 5.58. The number of rotatable bonds is 6. The molecule has 0 spiro atoms. The van der Waals surface area contributed by atoms with Crippen molar-refractivity contribution in [3.63, 3.8) is 0 Å². The molecule has 1 aliphatic carbocycles. The first-order valence-corrected chi connectivity index (χ1v) is 5.21. The third-order valence-corrected chi connectivity index (χ3v) is 2.32. The van der Waals surface area contributed by atoms with E-state index in [2.05, 4.69) is 19.2 Å². The van der Waals surface area contributed by atoms with Gasteiger partial charge in [-0.2, -0.15) is 0 Å². The standard InChI is InChI=1S/C10H21NO2/c1-8(2)11-9-6-10(7-9)13-5-3-4-12/h8-12H,3-7H2,1-2H3. The molecule has 0 saturated heterocycles. The molecule has 13 heavy (non-hydrogen) atoms. The third kappa shape index (κ3) is 4.07. The van der Waals surface area contributed by atoms with Crippen LogP contribution in [0.4, 0.5) is 0 Å². The molecule has 3 heteroatoms. The van der Waals surface area contributed by atoms with Crippen molar-refractivity contribution in [2.24, 2.45) is 0 Å². The fourth-order valence-corrected chi connectivity index (χ4v) is 1.62. The number of hydrogen-bond donors (Lipinski definition) is 2. The van der Waals surface area contributed by atoms with Gasteiger partial charge in [-0.1, -0.05) is 13.8 Å². The van der Waals surface area contributed by atoms with Crippen molar-refractivity contribution < 1.29 is 9.84 Å². The molecule has 0 radical (unpaired) electrons. The Hall–Kier alpha value is -0.120. The Morgan fingerprint density at radius 2 is 2.15 bits per heavy atom. The first-order valence-electron chi connectivity index (χ1n) is 5.21. The Kier molecular flexibility index (Phi) is 4.70. The van der Waals surface area contributed by atoms with Crippen LogP contribution in [-0.4, -0.2) is 36.5 Å². The molecule has 0 unspecified atom stereocenters. The van der Waals surface area contributed by atoms with Crippen LogP contribution in [-0.2, 0) is 4.74 Å². The maximum Gasteiger partial charge on any atom is 0.0604 e. The SMILES string of the molecule is CC(C)NC1CC(OCCCO)C1. The molecule has 0 aromatic carbocycles. The topological polar surface area (TPSA) is 41.5 Å². The monoisotopic (exact) mass is 187 g/mol. The first kappa shape index (κ1) is 11.0. The van der Waals surface area contributed by atoms with Crippen molar-refractivity contribution in [2.45, 2.75) is 51.3 Å². The zero-order valence-electron chi connectivity index (χ0n) is 8.62. The van der Waals surface area contributed by atoms with Crippen molar-refractivity contribution in [1.82, 2.24) is 5.32 Å². The van der Waals surface area contributed by atoms with Crippen LogP contribution in [0.1, 0.15) is 33.1 Å². The Morgan fingerprint density at radius 3 is 2.69 bits per heavy atom. The zero-order valence-corrected chi connectivity index (χ0v) is 8.62. The molecule has 1 rings (SSSR count). The fourth-order valence-electron chi connectivity index (χ4n) is 1.62. The maximum absolute atomic E-state index is 8.55. The average Bonchev–Trinajstić information content (AvgIpc) is 1.99. The van der Waals surface area contributed by atoms with Crippen LogP contribution in [0.2, 0.25) is 0 Å². The van der Waals surface area contributed by atoms with Crippen LogP contribution in [0.5, 0.6) is 0 Å². The highest BCUT2D eigenvalue weighted by molar-refractivity contribution is 4.86. The van der Waals surface area contributed by atoms with Crippen LogP contribution in [0.15, 0.2) is 0 Å². The van der Waals surface area contributed by atoms with E-state index in [9.17, 15) is 0 Å². The van der Waals surface area contributed by atoms with Gasteiger partial charge in [-0.15, -0.1) is 0 Å². The molecule has 3 nitrogen and oxygen atoms in total. The van der Waals surface area contributed by atoms with Gasteiger partial charge in [0.05, 0.1) is 6.10 Å². The highest BCUT2D eigenvalue weighted by Gasteiger charge is 2.29. The number of ether oxygens (including phenoxy) is 1. The molecule has 1 saturated carbocycles. The molecule has 0 atom stereocenters. The summed E-state index contributed by atoms with van der Waals surface area (Å²) in [6.45, 7) is 5.27. The molecular weight excluding hydrogens is 166 g/mol. The molecule has 2 N–H and O–H groups in total. The lowest BCUT2D eigenvalue weighted by atomic mass is 9.89. The average molecular weight is 187 g/mol. The van der Waals surface area contributed by atoms with E-state index >= 15 is 0 Å². The van der Waals surface area contributed by atoms with Gasteiger partial charge in [0.25, 0.3) is 0 Å². The summed E-state index contributed by atoms with van der Waals surface area (Å²) in [4.78, 5) is 0. The lowest BCUT2D eigenvalue weighted by molar-refractivity contribution is -0.0223. The molecule has 0 aliphatic heterocycles. The van der Waals surface area contributed by atoms with Gasteiger partial charge in [-0.05, 0) is 19.3 Å². The van der Waals surface area contributed by atoms with Gasteiger partial charge < -0.3 is 15.2 Å². The lowest BCUT2D eigenvalue weighted by Gasteiger charge is -2.37. The number of aliphatic hydroxyl groups excluding tert-OH is 1. The van der Waals surface area contributed by atoms with E-state index in [1.54, 1.807) is 0 Å². The van der Waals surface area contributed by atoms with Crippen LogP contribution in [0, 0.1) is 0 Å². The maximum atomic E-state index is 8.55. The summed E-state index contributed by atoms with van der Waals surface area (Å²) < 4.78 is 5.53. The Bertz CT molecular complexity index is 133. The largest absolute Gasteiger partial charge is 0.396 e. The van der Waals surface area contributed by atoms with Gasteiger partial charge in [-0.25, -0.2) is 0 Å². The summed E-state index contributed by atoms with van der Waals surface area (Å²) in [5, 5.41) is 12.0. The zero-order chi connectivity index (χ0) is 9.68. The number of aliphatic hydroxyl groups is 1. The minimum atomic E-state index is 0.237. The molecule has 1 fully saturated rings. The van der Waals surface area contributed by atoms with E-state index in [4.69, 9.17) is 9.84 Å². The molecule has 0 heterocycles. The smallest absolute Gasteiger partial charge is 0.0604 e. The quantitative estimate of drug-likeness (QED) is 0.607. The summed E-state index contributed by atoms with van der Waals surface area (Å²) >= 11 is 0. The normalized spacial score (nSPS) is 27.7. The molecule has 0 amide bonds. The summed E-state index contributed by atoms with van der Waals surface area (Å²) in [7, 11) is 0. The van der Waals surface area contributed by atoms with Crippen molar-refractivity contribution in [3.05, 3.63) is 0 Å². The highest BCUT2D eigenvalue weighted by atomic mass is 16.5. The van der Waals surface area contributed by atoms with Crippen molar-refractivity contribution in [3.8, 4) is 0 Å². The summed E-state index contributed by atoms with van der Waals surface area (Å²) in [5.74, 6) is 0. The van der Waals surface area contributed by atoms with Crippen molar-refractivity contribution in [2.75, 3.05) is 13.2 Å². The molecule has 1 aliphatic rings. The molecular formula is C10H21NO2. The molecule has 0 aromatic rings. The minimum absolute atomic E-state index is 0.237. The molecule has 78 valence electrons. The van der Waals surface area contributed by atoms with E-state index in [1.165, 1.54) is 0 Å². The van der Waals surface area contributed by atoms with E-state index < -0.39 is 0 Å². The van der Waals surface area contributed by atoms with Crippen LogP contribution < -0.4 is 5.32 Å². The summed E-state index contributed by atoms with van der Waals surface area (Å²) in [5.41, 5.74) is 0.